The summed E-state index contributed by atoms with van der Waals surface area (Å²) in [7, 11) is 1.82. The van der Waals surface area contributed by atoms with Gasteiger partial charge in [-0.05, 0) is 0 Å². The van der Waals surface area contributed by atoms with Gasteiger partial charge in [-0.25, -0.2) is 9.97 Å². The second kappa shape index (κ2) is 2.27. The fourth-order valence-electron chi connectivity index (χ4n) is 0.974. The smallest absolute Gasteiger partial charge is 0.234 e. The summed E-state index contributed by atoms with van der Waals surface area (Å²) in [5.74, 6) is 0.172. The highest BCUT2D eigenvalue weighted by Gasteiger charge is 2.02. The summed E-state index contributed by atoms with van der Waals surface area (Å²) in [6.45, 7) is 0. The summed E-state index contributed by atoms with van der Waals surface area (Å²) in [6, 6.07) is 1.87. The quantitative estimate of drug-likeness (QED) is 0.552. The van der Waals surface area contributed by atoms with Crippen molar-refractivity contribution in [1.82, 2.24) is 19.5 Å². The Morgan fingerprint density at radius 3 is 3.08 bits per heavy atom. The molecule has 2 rings (SSSR count). The van der Waals surface area contributed by atoms with Crippen LogP contribution in [0.5, 0.6) is 0 Å². The van der Waals surface area contributed by atoms with Crippen molar-refractivity contribution >= 4 is 11.2 Å². The van der Waals surface area contributed by atoms with Crippen LogP contribution < -0.4 is 0 Å². The van der Waals surface area contributed by atoms with Crippen LogP contribution in [0.1, 0.15) is 5.82 Å². The Kier molecular flexibility index (Phi) is 1.27. The van der Waals surface area contributed by atoms with Crippen molar-refractivity contribution in [3.63, 3.8) is 0 Å². The van der Waals surface area contributed by atoms with E-state index in [2.05, 4.69) is 15.0 Å². The Morgan fingerprint density at radius 2 is 2.33 bits per heavy atom. The highest BCUT2D eigenvalue weighted by molar-refractivity contribution is 5.69. The molecule has 0 aromatic carbocycles. The lowest BCUT2D eigenvalue weighted by molar-refractivity contribution is 0.925. The van der Waals surface area contributed by atoms with Crippen molar-refractivity contribution in [3.05, 3.63) is 18.3 Å². The first-order chi connectivity index (χ1) is 5.81. The van der Waals surface area contributed by atoms with Crippen molar-refractivity contribution in [3.8, 4) is 6.07 Å². The molecule has 2 heterocycles. The third-order valence-electron chi connectivity index (χ3n) is 1.55. The fraction of sp³-hybridized carbons (Fsp3) is 0.143. The van der Waals surface area contributed by atoms with E-state index in [-0.39, 0.29) is 5.82 Å². The van der Waals surface area contributed by atoms with Crippen molar-refractivity contribution in [2.24, 2.45) is 7.05 Å². The number of fused-ring (bicyclic) bond motifs is 1. The predicted molar refractivity (Wildman–Crippen MR) is 41.0 cm³/mol. The molecule has 0 aliphatic carbocycles. The molecule has 0 saturated carbocycles. The normalized spacial score (nSPS) is 10.0. The van der Waals surface area contributed by atoms with Crippen molar-refractivity contribution in [2.75, 3.05) is 0 Å². The van der Waals surface area contributed by atoms with Gasteiger partial charge in [0.25, 0.3) is 0 Å². The lowest BCUT2D eigenvalue weighted by atomic mass is 10.5. The van der Waals surface area contributed by atoms with Gasteiger partial charge in [0, 0.05) is 7.05 Å². The summed E-state index contributed by atoms with van der Waals surface area (Å²) in [6.07, 6.45) is 3.18. The van der Waals surface area contributed by atoms with Gasteiger partial charge in [0.1, 0.15) is 11.6 Å². The lowest BCUT2D eigenvalue weighted by Crippen LogP contribution is -1.92. The van der Waals surface area contributed by atoms with Gasteiger partial charge in [0.15, 0.2) is 5.65 Å². The standard InChI is InChI=1S/C7H5N5/c1-12-4-10-5-3-9-6(2-8)11-7(5)12/h3-4H,1H3. The van der Waals surface area contributed by atoms with Crippen LogP contribution in [-0.4, -0.2) is 19.5 Å². The zero-order valence-corrected chi connectivity index (χ0v) is 6.39. The monoisotopic (exact) mass is 159 g/mol. The molecule has 0 aliphatic heterocycles. The van der Waals surface area contributed by atoms with Gasteiger partial charge in [-0.15, -0.1) is 0 Å². The Hall–Kier alpha value is -1.96. The third kappa shape index (κ3) is 0.820. The van der Waals surface area contributed by atoms with Gasteiger partial charge in [-0.1, -0.05) is 0 Å². The molecular formula is C7H5N5. The summed E-state index contributed by atoms with van der Waals surface area (Å²) < 4.78 is 1.75. The summed E-state index contributed by atoms with van der Waals surface area (Å²) in [5.41, 5.74) is 1.39. The van der Waals surface area contributed by atoms with Gasteiger partial charge >= 0.3 is 0 Å². The Morgan fingerprint density at radius 1 is 1.50 bits per heavy atom. The molecule has 2 aromatic rings. The topological polar surface area (TPSA) is 67.4 Å². The van der Waals surface area contributed by atoms with Crippen LogP contribution in [-0.2, 0) is 7.05 Å². The van der Waals surface area contributed by atoms with Gasteiger partial charge < -0.3 is 4.57 Å². The largest absolute Gasteiger partial charge is 0.318 e. The molecule has 0 radical (unpaired) electrons. The number of imidazole rings is 1. The number of hydrogen-bond acceptors (Lipinski definition) is 4. The van der Waals surface area contributed by atoms with Crippen LogP contribution in [0.25, 0.3) is 11.2 Å². The molecule has 0 aliphatic rings. The first-order valence-electron chi connectivity index (χ1n) is 3.35. The van der Waals surface area contributed by atoms with Crippen LogP contribution in [0.3, 0.4) is 0 Å². The van der Waals surface area contributed by atoms with E-state index in [4.69, 9.17) is 5.26 Å². The molecule has 12 heavy (non-hydrogen) atoms. The van der Waals surface area contributed by atoms with Gasteiger partial charge in [0.2, 0.25) is 5.82 Å². The minimum atomic E-state index is 0.172. The number of hydrogen-bond donors (Lipinski definition) is 0. The molecule has 2 aromatic heterocycles. The van der Waals surface area contributed by atoms with Crippen LogP contribution in [0, 0.1) is 11.3 Å². The average molecular weight is 159 g/mol. The van der Waals surface area contributed by atoms with E-state index < -0.39 is 0 Å². The van der Waals surface area contributed by atoms with Crippen molar-refractivity contribution in [1.29, 1.82) is 5.26 Å². The first-order valence-corrected chi connectivity index (χ1v) is 3.35. The molecule has 0 N–H and O–H groups in total. The maximum Gasteiger partial charge on any atom is 0.234 e. The van der Waals surface area contributed by atoms with E-state index in [1.807, 2.05) is 13.1 Å². The minimum absolute atomic E-state index is 0.172. The molecule has 58 valence electrons. The molecule has 0 saturated heterocycles. The van der Waals surface area contributed by atoms with Crippen molar-refractivity contribution in [2.45, 2.75) is 0 Å². The van der Waals surface area contributed by atoms with Crippen LogP contribution in [0.2, 0.25) is 0 Å². The molecule has 0 bridgehead atoms. The molecule has 0 spiro atoms. The number of aryl methyl sites for hydroxylation is 1. The molecule has 5 nitrogen and oxygen atoms in total. The van der Waals surface area contributed by atoms with E-state index in [1.54, 1.807) is 17.1 Å². The molecule has 0 fully saturated rings. The highest BCUT2D eigenvalue weighted by atomic mass is 15.1. The summed E-state index contributed by atoms with van der Waals surface area (Å²) in [4.78, 5) is 11.8. The SMILES string of the molecule is Cn1cnc2cnc(C#N)nc21. The third-order valence-corrected chi connectivity index (χ3v) is 1.55. The fourth-order valence-corrected chi connectivity index (χ4v) is 0.974. The predicted octanol–water partition coefficient (Wildman–Crippen LogP) is 0.235. The maximum absolute atomic E-state index is 8.52. The van der Waals surface area contributed by atoms with Crippen molar-refractivity contribution < 1.29 is 0 Å². The van der Waals surface area contributed by atoms with E-state index in [0.29, 0.717) is 11.2 Å². The molecule has 0 unspecified atom stereocenters. The lowest BCUT2D eigenvalue weighted by Gasteiger charge is -1.91. The van der Waals surface area contributed by atoms with E-state index >= 15 is 0 Å². The Bertz CT molecular complexity index is 464. The zero-order chi connectivity index (χ0) is 8.55. The van der Waals surface area contributed by atoms with Crippen LogP contribution >= 0.6 is 0 Å². The molecule has 0 atom stereocenters. The number of nitriles is 1. The first kappa shape index (κ1) is 6.73. The maximum atomic E-state index is 8.52. The summed E-state index contributed by atoms with van der Waals surface area (Å²) >= 11 is 0. The van der Waals surface area contributed by atoms with Crippen LogP contribution in [0.4, 0.5) is 0 Å². The number of nitrogens with zero attached hydrogens (tertiary/aromatic N) is 5. The molecular weight excluding hydrogens is 154 g/mol. The minimum Gasteiger partial charge on any atom is -0.318 e. The summed E-state index contributed by atoms with van der Waals surface area (Å²) in [5, 5.41) is 8.52. The second-order valence-corrected chi connectivity index (χ2v) is 2.37. The highest BCUT2D eigenvalue weighted by Crippen LogP contribution is 2.05. The Labute approximate surface area is 68.3 Å². The molecule has 5 heteroatoms. The van der Waals surface area contributed by atoms with Gasteiger partial charge in [-0.3, -0.25) is 0 Å². The number of aromatic nitrogens is 4. The van der Waals surface area contributed by atoms with E-state index in [1.165, 1.54) is 0 Å². The van der Waals surface area contributed by atoms with E-state index in [9.17, 15) is 0 Å². The zero-order valence-electron chi connectivity index (χ0n) is 6.39. The Balaban J connectivity index is 2.82. The second-order valence-electron chi connectivity index (χ2n) is 2.37. The van der Waals surface area contributed by atoms with E-state index in [0.717, 1.165) is 0 Å². The number of rotatable bonds is 0. The van der Waals surface area contributed by atoms with Gasteiger partial charge in [-0.2, -0.15) is 10.2 Å². The van der Waals surface area contributed by atoms with Gasteiger partial charge in [0.05, 0.1) is 12.5 Å². The molecule has 0 amide bonds. The van der Waals surface area contributed by atoms with Crippen LogP contribution in [0.15, 0.2) is 12.5 Å². The average Bonchev–Trinajstić information content (AvgIpc) is 2.47.